The third-order valence-corrected chi connectivity index (χ3v) is 4.27. The summed E-state index contributed by atoms with van der Waals surface area (Å²) in [4.78, 5) is 29.0. The molecule has 0 aromatic carbocycles. The topological polar surface area (TPSA) is 61.9 Å². The fraction of sp³-hybridized carbons (Fsp3) is 0.867. The standard InChI is InChI=1S/C15H27N3O3/c1-4-16-15(2,3)14(20)18-7-5-6-12(18)13(19)17-8-10-21-11-9-17/h12,16H,4-11H2,1-3H3. The number of amides is 2. The van der Waals surface area contributed by atoms with E-state index in [2.05, 4.69) is 5.32 Å². The van der Waals surface area contributed by atoms with Gasteiger partial charge in [-0.2, -0.15) is 0 Å². The minimum atomic E-state index is -0.622. The molecule has 6 nitrogen and oxygen atoms in total. The maximum Gasteiger partial charge on any atom is 0.245 e. The minimum Gasteiger partial charge on any atom is -0.378 e. The van der Waals surface area contributed by atoms with Gasteiger partial charge < -0.3 is 19.9 Å². The van der Waals surface area contributed by atoms with Crippen LogP contribution in [0.3, 0.4) is 0 Å². The maximum absolute atomic E-state index is 12.7. The molecule has 120 valence electrons. The first-order chi connectivity index (χ1) is 9.97. The van der Waals surface area contributed by atoms with Crippen LogP contribution in [-0.4, -0.2) is 72.6 Å². The molecule has 2 amide bonds. The van der Waals surface area contributed by atoms with Crippen LogP contribution in [0.15, 0.2) is 0 Å². The molecule has 2 fully saturated rings. The van der Waals surface area contributed by atoms with Gasteiger partial charge in [0, 0.05) is 19.6 Å². The molecular formula is C15H27N3O3. The second-order valence-corrected chi connectivity index (χ2v) is 6.25. The number of rotatable bonds is 4. The molecule has 2 aliphatic heterocycles. The van der Waals surface area contributed by atoms with Gasteiger partial charge in [-0.3, -0.25) is 9.59 Å². The number of hydrogen-bond acceptors (Lipinski definition) is 4. The highest BCUT2D eigenvalue weighted by atomic mass is 16.5. The summed E-state index contributed by atoms with van der Waals surface area (Å²) < 4.78 is 5.29. The van der Waals surface area contributed by atoms with Crippen molar-refractivity contribution in [3.63, 3.8) is 0 Å². The number of nitrogens with zero attached hydrogens (tertiary/aromatic N) is 2. The number of morpholine rings is 1. The van der Waals surface area contributed by atoms with Crippen molar-refractivity contribution in [1.29, 1.82) is 0 Å². The first-order valence-electron chi connectivity index (χ1n) is 7.90. The molecule has 21 heavy (non-hydrogen) atoms. The molecule has 1 atom stereocenters. The minimum absolute atomic E-state index is 0.0217. The predicted molar refractivity (Wildman–Crippen MR) is 79.9 cm³/mol. The lowest BCUT2D eigenvalue weighted by Crippen LogP contribution is -2.58. The Morgan fingerprint density at radius 2 is 1.90 bits per heavy atom. The van der Waals surface area contributed by atoms with Crippen molar-refractivity contribution >= 4 is 11.8 Å². The zero-order valence-corrected chi connectivity index (χ0v) is 13.4. The highest BCUT2D eigenvalue weighted by molar-refractivity contribution is 5.92. The summed E-state index contributed by atoms with van der Waals surface area (Å²) in [6.07, 6.45) is 1.67. The number of nitrogens with one attached hydrogen (secondary N) is 1. The number of ether oxygens (including phenoxy) is 1. The normalized spacial score (nSPS) is 23.5. The Morgan fingerprint density at radius 3 is 2.52 bits per heavy atom. The van der Waals surface area contributed by atoms with Crippen LogP contribution in [-0.2, 0) is 14.3 Å². The van der Waals surface area contributed by atoms with Crippen molar-refractivity contribution in [2.75, 3.05) is 39.4 Å². The third kappa shape index (κ3) is 3.55. The molecule has 2 saturated heterocycles. The van der Waals surface area contributed by atoms with Crippen LogP contribution in [0.2, 0.25) is 0 Å². The van der Waals surface area contributed by atoms with E-state index in [1.54, 1.807) is 4.90 Å². The Bertz CT molecular complexity index is 392. The molecule has 2 heterocycles. The van der Waals surface area contributed by atoms with E-state index < -0.39 is 5.54 Å². The third-order valence-electron chi connectivity index (χ3n) is 4.27. The molecule has 0 saturated carbocycles. The fourth-order valence-electron chi connectivity index (χ4n) is 3.14. The van der Waals surface area contributed by atoms with Crippen molar-refractivity contribution in [3.05, 3.63) is 0 Å². The molecule has 0 aromatic heterocycles. The van der Waals surface area contributed by atoms with E-state index in [1.807, 2.05) is 25.7 Å². The van der Waals surface area contributed by atoms with Gasteiger partial charge in [-0.15, -0.1) is 0 Å². The van der Waals surface area contributed by atoms with Crippen molar-refractivity contribution in [2.24, 2.45) is 0 Å². The first kappa shape index (κ1) is 16.2. The lowest BCUT2D eigenvalue weighted by atomic mass is 10.0. The predicted octanol–water partition coefficient (Wildman–Crippen LogP) is 0.224. The number of carbonyl (C=O) groups excluding carboxylic acids is 2. The Hall–Kier alpha value is -1.14. The summed E-state index contributed by atoms with van der Waals surface area (Å²) in [6, 6.07) is -0.298. The van der Waals surface area contributed by atoms with Gasteiger partial charge in [0.1, 0.15) is 6.04 Å². The smallest absolute Gasteiger partial charge is 0.245 e. The highest BCUT2D eigenvalue weighted by Gasteiger charge is 2.41. The van der Waals surface area contributed by atoms with Crippen molar-refractivity contribution in [1.82, 2.24) is 15.1 Å². The van der Waals surface area contributed by atoms with Gasteiger partial charge in [0.25, 0.3) is 0 Å². The Kier molecular flexibility index (Phi) is 5.22. The van der Waals surface area contributed by atoms with Gasteiger partial charge in [0.05, 0.1) is 18.8 Å². The highest BCUT2D eigenvalue weighted by Crippen LogP contribution is 2.23. The first-order valence-corrected chi connectivity index (χ1v) is 7.90. The van der Waals surface area contributed by atoms with Gasteiger partial charge in [0.15, 0.2) is 0 Å². The van der Waals surface area contributed by atoms with Crippen LogP contribution in [0, 0.1) is 0 Å². The summed E-state index contributed by atoms with van der Waals surface area (Å²) in [5.41, 5.74) is -0.622. The summed E-state index contributed by atoms with van der Waals surface area (Å²) >= 11 is 0. The molecule has 0 aromatic rings. The molecule has 2 rings (SSSR count). The average molecular weight is 297 g/mol. The molecule has 1 unspecified atom stereocenters. The quantitative estimate of drug-likeness (QED) is 0.806. The number of likely N-dealkylation sites (tertiary alicyclic amines) is 1. The largest absolute Gasteiger partial charge is 0.378 e. The Balaban J connectivity index is 2.05. The molecule has 0 radical (unpaired) electrons. The SMILES string of the molecule is CCNC(C)(C)C(=O)N1CCCC1C(=O)N1CCOCC1. The number of hydrogen-bond donors (Lipinski definition) is 1. The maximum atomic E-state index is 12.7. The van der Waals surface area contributed by atoms with E-state index in [0.717, 1.165) is 19.4 Å². The van der Waals surface area contributed by atoms with Crippen LogP contribution in [0.4, 0.5) is 0 Å². The summed E-state index contributed by atoms with van der Waals surface area (Å²) in [7, 11) is 0. The van der Waals surface area contributed by atoms with Crippen molar-refractivity contribution in [2.45, 2.75) is 45.2 Å². The van der Waals surface area contributed by atoms with Crippen LogP contribution < -0.4 is 5.32 Å². The zero-order chi connectivity index (χ0) is 15.5. The van der Waals surface area contributed by atoms with Gasteiger partial charge >= 0.3 is 0 Å². The summed E-state index contributed by atoms with van der Waals surface area (Å²) in [6.45, 7) is 9.60. The number of carbonyl (C=O) groups is 2. The molecule has 0 bridgehead atoms. The van der Waals surface area contributed by atoms with E-state index >= 15 is 0 Å². The monoisotopic (exact) mass is 297 g/mol. The molecule has 2 aliphatic rings. The second kappa shape index (κ2) is 6.75. The summed E-state index contributed by atoms with van der Waals surface area (Å²) in [5.74, 6) is 0.102. The second-order valence-electron chi connectivity index (χ2n) is 6.25. The van der Waals surface area contributed by atoms with E-state index in [4.69, 9.17) is 4.74 Å². The van der Waals surface area contributed by atoms with Crippen LogP contribution in [0.1, 0.15) is 33.6 Å². The Labute approximate surface area is 126 Å². The number of likely N-dealkylation sites (N-methyl/N-ethyl adjacent to an activating group) is 1. The van der Waals surface area contributed by atoms with E-state index in [-0.39, 0.29) is 17.9 Å². The molecular weight excluding hydrogens is 270 g/mol. The van der Waals surface area contributed by atoms with Crippen LogP contribution >= 0.6 is 0 Å². The van der Waals surface area contributed by atoms with Crippen LogP contribution in [0.5, 0.6) is 0 Å². The Morgan fingerprint density at radius 1 is 1.24 bits per heavy atom. The molecule has 1 N–H and O–H groups in total. The van der Waals surface area contributed by atoms with Gasteiger partial charge in [-0.25, -0.2) is 0 Å². The van der Waals surface area contributed by atoms with Gasteiger partial charge in [-0.1, -0.05) is 6.92 Å². The molecule has 6 heteroatoms. The van der Waals surface area contributed by atoms with Crippen molar-refractivity contribution in [3.8, 4) is 0 Å². The van der Waals surface area contributed by atoms with E-state index in [9.17, 15) is 9.59 Å². The lowest BCUT2D eigenvalue weighted by molar-refractivity contribution is -0.149. The summed E-state index contributed by atoms with van der Waals surface area (Å²) in [5, 5.41) is 3.20. The van der Waals surface area contributed by atoms with E-state index in [1.165, 1.54) is 0 Å². The zero-order valence-electron chi connectivity index (χ0n) is 13.4. The van der Waals surface area contributed by atoms with E-state index in [0.29, 0.717) is 32.8 Å². The molecule has 0 aliphatic carbocycles. The van der Waals surface area contributed by atoms with Gasteiger partial charge in [0.2, 0.25) is 11.8 Å². The lowest BCUT2D eigenvalue weighted by Gasteiger charge is -2.36. The average Bonchev–Trinajstić information content (AvgIpc) is 2.95. The van der Waals surface area contributed by atoms with Gasteiger partial charge in [-0.05, 0) is 33.2 Å². The van der Waals surface area contributed by atoms with Crippen molar-refractivity contribution < 1.29 is 14.3 Å². The van der Waals surface area contributed by atoms with Crippen LogP contribution in [0.25, 0.3) is 0 Å². The fourth-order valence-corrected chi connectivity index (χ4v) is 3.14. The molecule has 0 spiro atoms.